The van der Waals surface area contributed by atoms with Crippen LogP contribution in [0.3, 0.4) is 0 Å². The largest absolute Gasteiger partial charge is 0.329 e. The van der Waals surface area contributed by atoms with Crippen molar-refractivity contribution in [3.63, 3.8) is 0 Å². The summed E-state index contributed by atoms with van der Waals surface area (Å²) < 4.78 is 3.05. The molecule has 1 N–H and O–H groups in total. The molecular weight excluding hydrogens is 360 g/mol. The van der Waals surface area contributed by atoms with E-state index in [1.54, 1.807) is 11.6 Å². The van der Waals surface area contributed by atoms with Gasteiger partial charge in [-0.3, -0.25) is 28.9 Å². The summed E-state index contributed by atoms with van der Waals surface area (Å²) in [6.45, 7) is 2.54. The van der Waals surface area contributed by atoms with Crippen molar-refractivity contribution < 1.29 is 14.4 Å². The van der Waals surface area contributed by atoms with Crippen LogP contribution in [0.25, 0.3) is 11.0 Å². The molecule has 28 heavy (non-hydrogen) atoms. The van der Waals surface area contributed by atoms with Crippen LogP contribution in [0.15, 0.2) is 23.0 Å². The fourth-order valence-electron chi connectivity index (χ4n) is 4.24. The van der Waals surface area contributed by atoms with Gasteiger partial charge in [-0.1, -0.05) is 6.07 Å². The van der Waals surface area contributed by atoms with E-state index in [1.807, 2.05) is 18.2 Å². The van der Waals surface area contributed by atoms with Gasteiger partial charge in [0.15, 0.2) is 0 Å². The summed E-state index contributed by atoms with van der Waals surface area (Å²) in [5.74, 6) is -0.551. The van der Waals surface area contributed by atoms with Gasteiger partial charge in [0.05, 0.1) is 11.0 Å². The fraction of sp³-hybridized carbons (Fsp3) is 0.500. The Hall–Kier alpha value is -2.74. The maximum Gasteiger partial charge on any atom is 0.329 e. The lowest BCUT2D eigenvalue weighted by molar-refractivity contribution is -0.135. The molecule has 0 aliphatic carbocycles. The van der Waals surface area contributed by atoms with Crippen molar-refractivity contribution >= 4 is 29.1 Å². The lowest BCUT2D eigenvalue weighted by Crippen LogP contribution is -2.44. The highest BCUT2D eigenvalue weighted by Gasteiger charge is 2.31. The highest BCUT2D eigenvalue weighted by Crippen LogP contribution is 2.25. The summed E-state index contributed by atoms with van der Waals surface area (Å²) in [5, 5.41) is 2.32. The molecule has 0 bridgehead atoms. The zero-order chi connectivity index (χ0) is 19.8. The molecule has 8 heteroatoms. The Bertz CT molecular complexity index is 998. The van der Waals surface area contributed by atoms with Gasteiger partial charge >= 0.3 is 5.69 Å². The number of hydrogen-bond acceptors (Lipinski definition) is 5. The van der Waals surface area contributed by atoms with E-state index < -0.39 is 11.9 Å². The molecule has 148 valence electrons. The summed E-state index contributed by atoms with van der Waals surface area (Å²) >= 11 is 0. The van der Waals surface area contributed by atoms with Crippen molar-refractivity contribution in [2.24, 2.45) is 13.0 Å². The van der Waals surface area contributed by atoms with E-state index in [1.165, 1.54) is 4.57 Å². The lowest BCUT2D eigenvalue weighted by Gasteiger charge is -2.29. The number of imidazole rings is 1. The molecule has 2 saturated heterocycles. The molecule has 0 spiro atoms. The van der Waals surface area contributed by atoms with E-state index in [4.69, 9.17) is 0 Å². The van der Waals surface area contributed by atoms with Gasteiger partial charge in [0, 0.05) is 25.9 Å². The number of benzene rings is 1. The van der Waals surface area contributed by atoms with Gasteiger partial charge in [-0.2, -0.15) is 0 Å². The Kier molecular flexibility index (Phi) is 4.89. The molecule has 1 atom stereocenters. The average Bonchev–Trinajstić information content (AvgIpc) is 2.93. The number of aldehydes is 1. The zero-order valence-corrected chi connectivity index (χ0v) is 15.9. The van der Waals surface area contributed by atoms with Crippen LogP contribution in [0, 0.1) is 5.92 Å². The molecule has 1 unspecified atom stereocenters. The molecule has 2 aliphatic heterocycles. The molecule has 8 nitrogen and oxygen atoms in total. The van der Waals surface area contributed by atoms with E-state index in [0.717, 1.165) is 49.8 Å². The topological polar surface area (TPSA) is 93.4 Å². The third-order valence-corrected chi connectivity index (χ3v) is 5.91. The van der Waals surface area contributed by atoms with Crippen LogP contribution in [0.5, 0.6) is 0 Å². The standard InChI is InChI=1S/C20H24N4O4/c1-22-17-10-14(11-23-8-6-13(12-25)7-9-23)2-3-15(17)24(20(22)28)16-4-5-18(26)21-19(16)27/h2-3,10,12-13,16H,4-9,11H2,1H3,(H,21,26,27). The van der Waals surface area contributed by atoms with E-state index in [9.17, 15) is 19.2 Å². The van der Waals surface area contributed by atoms with E-state index in [0.29, 0.717) is 11.9 Å². The van der Waals surface area contributed by atoms with Crippen molar-refractivity contribution in [3.05, 3.63) is 34.2 Å². The predicted octanol–water partition coefficient (Wildman–Crippen LogP) is 0.729. The molecular formula is C20H24N4O4. The molecule has 2 aromatic rings. The van der Waals surface area contributed by atoms with Crippen LogP contribution in [0.1, 0.15) is 37.3 Å². The van der Waals surface area contributed by atoms with Gasteiger partial charge in [-0.05, 0) is 50.0 Å². The van der Waals surface area contributed by atoms with Crippen LogP contribution < -0.4 is 11.0 Å². The van der Waals surface area contributed by atoms with Gasteiger partial charge in [0.2, 0.25) is 11.8 Å². The number of aromatic nitrogens is 2. The predicted molar refractivity (Wildman–Crippen MR) is 103 cm³/mol. The summed E-state index contributed by atoms with van der Waals surface area (Å²) in [6.07, 6.45) is 3.38. The van der Waals surface area contributed by atoms with Crippen LogP contribution in [0.4, 0.5) is 0 Å². The lowest BCUT2D eigenvalue weighted by atomic mass is 9.98. The first-order chi connectivity index (χ1) is 13.5. The summed E-state index contributed by atoms with van der Waals surface area (Å²) in [6, 6.07) is 5.19. The van der Waals surface area contributed by atoms with Crippen molar-refractivity contribution in [1.82, 2.24) is 19.4 Å². The molecule has 0 saturated carbocycles. The van der Waals surface area contributed by atoms with E-state index in [2.05, 4.69) is 10.2 Å². The zero-order valence-electron chi connectivity index (χ0n) is 15.9. The maximum atomic E-state index is 12.8. The van der Waals surface area contributed by atoms with E-state index >= 15 is 0 Å². The van der Waals surface area contributed by atoms with Crippen molar-refractivity contribution in [1.29, 1.82) is 0 Å². The first-order valence-electron chi connectivity index (χ1n) is 9.69. The smallest absolute Gasteiger partial charge is 0.303 e. The minimum Gasteiger partial charge on any atom is -0.303 e. The number of aryl methyl sites for hydroxylation is 1. The molecule has 2 aliphatic rings. The number of piperidine rings is 2. The summed E-state index contributed by atoms with van der Waals surface area (Å²) in [4.78, 5) is 49.7. The maximum absolute atomic E-state index is 12.8. The molecule has 1 aromatic heterocycles. The Morgan fingerprint density at radius 3 is 2.54 bits per heavy atom. The molecule has 3 heterocycles. The Labute approximate surface area is 162 Å². The number of carbonyl (C=O) groups is 3. The highest BCUT2D eigenvalue weighted by atomic mass is 16.2. The SMILES string of the molecule is Cn1c(=O)n(C2CCC(=O)NC2=O)c2ccc(CN3CCC(C=O)CC3)cc21. The number of imide groups is 1. The summed E-state index contributed by atoms with van der Waals surface area (Å²) in [7, 11) is 1.70. The quantitative estimate of drug-likeness (QED) is 0.620. The number of amides is 2. The fourth-order valence-corrected chi connectivity index (χ4v) is 4.24. The highest BCUT2D eigenvalue weighted by molar-refractivity contribution is 6.00. The Balaban J connectivity index is 1.62. The molecule has 4 rings (SSSR count). The number of nitrogens with zero attached hydrogens (tertiary/aromatic N) is 3. The van der Waals surface area contributed by atoms with Gasteiger partial charge in [0.1, 0.15) is 12.3 Å². The first kappa shape index (κ1) is 18.6. The average molecular weight is 384 g/mol. The minimum atomic E-state index is -0.665. The van der Waals surface area contributed by atoms with Crippen LogP contribution in [-0.2, 0) is 28.0 Å². The van der Waals surface area contributed by atoms with Crippen LogP contribution in [0.2, 0.25) is 0 Å². The molecule has 1 aromatic carbocycles. The van der Waals surface area contributed by atoms with Gasteiger partial charge in [-0.25, -0.2) is 4.79 Å². The summed E-state index contributed by atoms with van der Waals surface area (Å²) in [5.41, 5.74) is 2.31. The monoisotopic (exact) mass is 384 g/mol. The molecule has 2 fully saturated rings. The number of likely N-dealkylation sites (tertiary alicyclic amines) is 1. The first-order valence-corrected chi connectivity index (χ1v) is 9.69. The second kappa shape index (κ2) is 7.35. The third-order valence-electron chi connectivity index (χ3n) is 5.91. The van der Waals surface area contributed by atoms with Gasteiger partial charge in [-0.15, -0.1) is 0 Å². The second-order valence-corrected chi connectivity index (χ2v) is 7.75. The Morgan fingerprint density at radius 1 is 1.11 bits per heavy atom. The molecule has 2 amide bonds. The van der Waals surface area contributed by atoms with Crippen molar-refractivity contribution in [2.75, 3.05) is 13.1 Å². The van der Waals surface area contributed by atoms with Crippen LogP contribution in [-0.4, -0.2) is 45.2 Å². The third kappa shape index (κ3) is 3.28. The van der Waals surface area contributed by atoms with Crippen molar-refractivity contribution in [2.45, 2.75) is 38.3 Å². The number of nitrogens with one attached hydrogen (secondary N) is 1. The van der Waals surface area contributed by atoms with E-state index in [-0.39, 0.29) is 23.9 Å². The second-order valence-electron chi connectivity index (χ2n) is 7.75. The van der Waals surface area contributed by atoms with Gasteiger partial charge < -0.3 is 4.79 Å². The van der Waals surface area contributed by atoms with Crippen LogP contribution >= 0.6 is 0 Å². The number of rotatable bonds is 4. The number of fused-ring (bicyclic) bond motifs is 1. The van der Waals surface area contributed by atoms with Gasteiger partial charge in [0.25, 0.3) is 0 Å². The normalized spacial score (nSPS) is 21.8. The van der Waals surface area contributed by atoms with Crippen molar-refractivity contribution in [3.8, 4) is 0 Å². The minimum absolute atomic E-state index is 0.169. The Morgan fingerprint density at radius 2 is 1.86 bits per heavy atom. The molecule has 0 radical (unpaired) electrons. The number of carbonyl (C=O) groups excluding carboxylic acids is 3. The number of hydrogen-bond donors (Lipinski definition) is 1.